The molecule has 0 fully saturated rings. The van der Waals surface area contributed by atoms with Crippen molar-refractivity contribution in [1.82, 2.24) is 10.6 Å². The minimum Gasteiger partial charge on any atom is -0.356 e. The zero-order valence-electron chi connectivity index (χ0n) is 16.1. The van der Waals surface area contributed by atoms with Crippen molar-refractivity contribution >= 4 is 11.8 Å². The number of hydrogen-bond donors (Lipinski definition) is 2. The van der Waals surface area contributed by atoms with Crippen LogP contribution in [0.15, 0.2) is 0 Å². The van der Waals surface area contributed by atoms with E-state index in [1.807, 2.05) is 13.8 Å². The van der Waals surface area contributed by atoms with Crippen molar-refractivity contribution in [2.45, 2.75) is 39.5 Å². The van der Waals surface area contributed by atoms with E-state index in [0.29, 0.717) is 12.8 Å². The summed E-state index contributed by atoms with van der Waals surface area (Å²) in [5.74, 6) is 0.251. The molecule has 0 spiro atoms. The lowest BCUT2D eigenvalue weighted by Gasteiger charge is -2.39. The van der Waals surface area contributed by atoms with E-state index in [2.05, 4.69) is 38.8 Å². The van der Waals surface area contributed by atoms with Crippen molar-refractivity contribution in [2.75, 3.05) is 61.0 Å². The average Bonchev–Trinajstić information content (AvgIpc) is 2.46. The highest BCUT2D eigenvalue weighted by Gasteiger charge is 2.26. The molecule has 0 saturated carbocycles. The molecule has 0 aromatic heterocycles. The van der Waals surface area contributed by atoms with E-state index in [4.69, 9.17) is 0 Å². The zero-order valence-corrected chi connectivity index (χ0v) is 16.1. The van der Waals surface area contributed by atoms with Gasteiger partial charge in [0.1, 0.15) is 0 Å². The maximum Gasteiger partial charge on any atom is 0.219 e. The van der Waals surface area contributed by atoms with Gasteiger partial charge in [-0.2, -0.15) is 0 Å². The first-order valence-electron chi connectivity index (χ1n) is 8.79. The Morgan fingerprint density at radius 1 is 0.739 bits per heavy atom. The summed E-state index contributed by atoms with van der Waals surface area (Å²) in [6.45, 7) is 8.37. The molecule has 0 heterocycles. The van der Waals surface area contributed by atoms with Gasteiger partial charge in [-0.3, -0.25) is 18.6 Å². The van der Waals surface area contributed by atoms with Gasteiger partial charge in [0.05, 0.1) is 41.3 Å². The van der Waals surface area contributed by atoms with Crippen LogP contribution < -0.4 is 10.6 Å². The number of carbonyl (C=O) groups excluding carboxylic acids is 2. The quantitative estimate of drug-likeness (QED) is 0.318. The van der Waals surface area contributed by atoms with Crippen molar-refractivity contribution < 1.29 is 18.6 Å². The van der Waals surface area contributed by atoms with Gasteiger partial charge in [-0.25, -0.2) is 0 Å². The fourth-order valence-electron chi connectivity index (χ4n) is 2.90. The average molecular weight is 331 g/mol. The van der Waals surface area contributed by atoms with Crippen LogP contribution in [0, 0.1) is 0 Å². The van der Waals surface area contributed by atoms with E-state index >= 15 is 0 Å². The highest BCUT2D eigenvalue weighted by Crippen LogP contribution is 2.08. The predicted octanol–water partition coefficient (Wildman–Crippen LogP) is 0.929. The highest BCUT2D eigenvalue weighted by molar-refractivity contribution is 5.75. The molecule has 0 bridgehead atoms. The van der Waals surface area contributed by atoms with Gasteiger partial charge in [0.15, 0.2) is 0 Å². The fraction of sp³-hybridized carbons (Fsp3) is 0.882. The summed E-state index contributed by atoms with van der Waals surface area (Å²) in [5, 5.41) is 5.86. The second-order valence-electron chi connectivity index (χ2n) is 7.57. The molecule has 0 atom stereocenters. The summed E-state index contributed by atoms with van der Waals surface area (Å²) in [7, 11) is 8.95. The van der Waals surface area contributed by atoms with Crippen molar-refractivity contribution in [3.63, 3.8) is 0 Å². The number of quaternary nitrogens is 2. The number of carbonyl (C=O) groups is 2. The third kappa shape index (κ3) is 12.0. The van der Waals surface area contributed by atoms with Gasteiger partial charge < -0.3 is 10.6 Å². The number of amides is 2. The van der Waals surface area contributed by atoms with Gasteiger partial charge in [-0.05, 0) is 0 Å². The van der Waals surface area contributed by atoms with Crippen LogP contribution >= 0.6 is 0 Å². The van der Waals surface area contributed by atoms with Gasteiger partial charge in [0, 0.05) is 38.8 Å². The Kier molecular flexibility index (Phi) is 10.1. The second-order valence-corrected chi connectivity index (χ2v) is 7.57. The molecule has 6 heteroatoms. The SMILES string of the molecule is CCC(=O)NCCC[N+](C)(C)C[N+](C)(C)CCCNC(=O)CC. The van der Waals surface area contributed by atoms with Crippen molar-refractivity contribution in [1.29, 1.82) is 0 Å². The Bertz CT molecular complexity index is 334. The molecular formula is C17H38N4O2+2. The number of nitrogens with zero attached hydrogens (tertiary/aromatic N) is 2. The number of rotatable bonds is 12. The van der Waals surface area contributed by atoms with E-state index in [1.54, 1.807) is 0 Å². The van der Waals surface area contributed by atoms with Crippen LogP contribution in [0.1, 0.15) is 39.5 Å². The van der Waals surface area contributed by atoms with E-state index in [9.17, 15) is 9.59 Å². The molecule has 0 aromatic carbocycles. The lowest BCUT2D eigenvalue weighted by molar-refractivity contribution is -1.07. The summed E-state index contributed by atoms with van der Waals surface area (Å²) < 4.78 is 1.85. The first-order valence-corrected chi connectivity index (χ1v) is 8.79. The van der Waals surface area contributed by atoms with E-state index < -0.39 is 0 Å². The molecule has 0 aliphatic carbocycles. The summed E-state index contributed by atoms with van der Waals surface area (Å²) >= 11 is 0. The maximum atomic E-state index is 11.2. The number of nitrogens with one attached hydrogen (secondary N) is 2. The van der Waals surface area contributed by atoms with Gasteiger partial charge in [-0.15, -0.1) is 0 Å². The van der Waals surface area contributed by atoms with E-state index in [-0.39, 0.29) is 11.8 Å². The molecule has 0 aliphatic rings. The molecule has 136 valence electrons. The highest BCUT2D eigenvalue weighted by atomic mass is 16.2. The normalized spacial score (nSPS) is 12.1. The largest absolute Gasteiger partial charge is 0.356 e. The van der Waals surface area contributed by atoms with Crippen LogP contribution in [0.5, 0.6) is 0 Å². The van der Waals surface area contributed by atoms with Crippen molar-refractivity contribution in [3.8, 4) is 0 Å². The van der Waals surface area contributed by atoms with Crippen LogP contribution in [0.3, 0.4) is 0 Å². The van der Waals surface area contributed by atoms with Crippen LogP contribution in [0.2, 0.25) is 0 Å². The topological polar surface area (TPSA) is 58.2 Å². The fourth-order valence-corrected chi connectivity index (χ4v) is 2.90. The van der Waals surface area contributed by atoms with Crippen molar-refractivity contribution in [2.24, 2.45) is 0 Å². The Balaban J connectivity index is 4.03. The lowest BCUT2D eigenvalue weighted by Crippen LogP contribution is -2.56. The third-order valence-corrected chi connectivity index (χ3v) is 3.93. The molecule has 23 heavy (non-hydrogen) atoms. The molecule has 6 nitrogen and oxygen atoms in total. The Hall–Kier alpha value is -1.14. The monoisotopic (exact) mass is 330 g/mol. The molecule has 0 unspecified atom stereocenters. The lowest BCUT2D eigenvalue weighted by atomic mass is 10.3. The van der Waals surface area contributed by atoms with Crippen LogP contribution in [-0.4, -0.2) is 81.8 Å². The van der Waals surface area contributed by atoms with Gasteiger partial charge in [0.25, 0.3) is 0 Å². The molecule has 2 amide bonds. The molecule has 0 aromatic rings. The van der Waals surface area contributed by atoms with Gasteiger partial charge in [-0.1, -0.05) is 13.8 Å². The molecule has 0 rings (SSSR count). The van der Waals surface area contributed by atoms with Crippen LogP contribution in [-0.2, 0) is 9.59 Å². The summed E-state index contributed by atoms with van der Waals surface area (Å²) in [6, 6.07) is 0. The van der Waals surface area contributed by atoms with Crippen LogP contribution in [0.25, 0.3) is 0 Å². The van der Waals surface area contributed by atoms with Gasteiger partial charge in [0.2, 0.25) is 18.5 Å². The number of hydrogen-bond acceptors (Lipinski definition) is 2. The summed E-state index contributed by atoms with van der Waals surface area (Å²) in [5.41, 5.74) is 0. The standard InChI is InChI=1S/C17H36N4O2/c1-7-16(22)18-11-9-13-20(3,4)15-21(5,6)14-10-12-19-17(23)8-2/h7-15H2,1-6H3/p+2. The van der Waals surface area contributed by atoms with Gasteiger partial charge >= 0.3 is 0 Å². The minimum atomic E-state index is 0.126. The first-order chi connectivity index (χ1) is 10.6. The van der Waals surface area contributed by atoms with Crippen molar-refractivity contribution in [3.05, 3.63) is 0 Å². The predicted molar refractivity (Wildman–Crippen MR) is 94.7 cm³/mol. The first kappa shape index (κ1) is 21.9. The zero-order chi connectivity index (χ0) is 17.9. The van der Waals surface area contributed by atoms with E-state index in [0.717, 1.165) is 54.7 Å². The summed E-state index contributed by atoms with van der Waals surface area (Å²) in [4.78, 5) is 22.5. The minimum absolute atomic E-state index is 0.126. The Morgan fingerprint density at radius 2 is 1.09 bits per heavy atom. The maximum absolute atomic E-state index is 11.2. The Labute approximate surface area is 142 Å². The van der Waals surface area contributed by atoms with E-state index in [1.165, 1.54) is 0 Å². The third-order valence-electron chi connectivity index (χ3n) is 3.93. The second kappa shape index (κ2) is 10.6. The Morgan fingerprint density at radius 3 is 1.39 bits per heavy atom. The molecule has 0 radical (unpaired) electrons. The summed E-state index contributed by atoms with van der Waals surface area (Å²) in [6.07, 6.45) is 3.09. The molecular weight excluding hydrogens is 292 g/mol. The molecule has 0 aliphatic heterocycles. The smallest absolute Gasteiger partial charge is 0.219 e. The molecule has 0 saturated heterocycles. The molecule has 2 N–H and O–H groups in total. The van der Waals surface area contributed by atoms with Crippen LogP contribution in [0.4, 0.5) is 0 Å².